The Morgan fingerprint density at radius 3 is 2.46 bits per heavy atom. The second-order valence-electron chi connectivity index (χ2n) is 9.48. The van der Waals surface area contributed by atoms with Crippen molar-refractivity contribution in [3.63, 3.8) is 0 Å². The summed E-state index contributed by atoms with van der Waals surface area (Å²) in [5.74, 6) is 1.35. The van der Waals surface area contributed by atoms with Gasteiger partial charge in [-0.25, -0.2) is 9.37 Å². The summed E-state index contributed by atoms with van der Waals surface area (Å²) in [6.45, 7) is 3.61. The number of aryl methyl sites for hydroxylation is 1. The number of nitrogens with one attached hydrogen (secondary N) is 1. The van der Waals surface area contributed by atoms with Crippen molar-refractivity contribution in [3.8, 4) is 11.3 Å². The summed E-state index contributed by atoms with van der Waals surface area (Å²) in [5.41, 5.74) is 11.1. The summed E-state index contributed by atoms with van der Waals surface area (Å²) < 4.78 is 16.7. The molecular formula is C29H29BrFN5O. The second-order valence-corrected chi connectivity index (χ2v) is 10.4. The van der Waals surface area contributed by atoms with Crippen LogP contribution in [-0.2, 0) is 24.3 Å². The lowest BCUT2D eigenvalue weighted by Gasteiger charge is -2.29. The first-order valence-corrected chi connectivity index (χ1v) is 13.1. The van der Waals surface area contributed by atoms with Crippen LogP contribution in [0.4, 0.5) is 15.9 Å². The number of fused-ring (bicyclic) bond motifs is 1. The molecule has 0 bridgehead atoms. The minimum atomic E-state index is -0.294. The van der Waals surface area contributed by atoms with Crippen molar-refractivity contribution in [3.05, 3.63) is 100 Å². The van der Waals surface area contributed by atoms with Crippen LogP contribution in [0.25, 0.3) is 11.3 Å². The number of nitrogens with zero attached hydrogens (tertiary/aromatic N) is 3. The lowest BCUT2D eigenvalue weighted by molar-refractivity contribution is -0.133. The number of benzene rings is 3. The Morgan fingerprint density at radius 1 is 1.05 bits per heavy atom. The summed E-state index contributed by atoms with van der Waals surface area (Å²) in [6.07, 6.45) is 0.914. The van der Waals surface area contributed by atoms with Crippen LogP contribution in [-0.4, -0.2) is 32.9 Å². The molecule has 0 saturated carbocycles. The largest absolute Gasteiger partial charge is 0.340 e. The van der Waals surface area contributed by atoms with Gasteiger partial charge in [-0.3, -0.25) is 4.79 Å². The van der Waals surface area contributed by atoms with Gasteiger partial charge in [0.15, 0.2) is 0 Å². The van der Waals surface area contributed by atoms with Gasteiger partial charge in [-0.05, 0) is 67.4 Å². The number of rotatable bonds is 7. The highest BCUT2D eigenvalue weighted by atomic mass is 79.9. The first kappa shape index (κ1) is 25.2. The number of imidazole rings is 1. The third-order valence-electron chi connectivity index (χ3n) is 6.61. The SMILES string of the molecule is Cc1ccc(Nc2c(-c3ccc(F)cc3)nc3n2CCN(C(=O)C[C@@H](N)Cc2ccc(Br)cc2)C3)cc1. The molecule has 1 aliphatic rings. The van der Waals surface area contributed by atoms with E-state index in [-0.39, 0.29) is 24.2 Å². The zero-order chi connectivity index (χ0) is 25.9. The molecule has 1 amide bonds. The Labute approximate surface area is 224 Å². The maximum Gasteiger partial charge on any atom is 0.224 e. The lowest BCUT2D eigenvalue weighted by atomic mass is 10.0. The molecule has 1 aromatic heterocycles. The van der Waals surface area contributed by atoms with Crippen LogP contribution >= 0.6 is 15.9 Å². The quantitative estimate of drug-likeness (QED) is 0.298. The summed E-state index contributed by atoms with van der Waals surface area (Å²) in [7, 11) is 0. The molecule has 8 heteroatoms. The Morgan fingerprint density at radius 2 is 1.76 bits per heavy atom. The third-order valence-corrected chi connectivity index (χ3v) is 7.13. The van der Waals surface area contributed by atoms with E-state index in [0.29, 0.717) is 26.1 Å². The predicted octanol–water partition coefficient (Wildman–Crippen LogP) is 5.81. The number of amides is 1. The summed E-state index contributed by atoms with van der Waals surface area (Å²) >= 11 is 3.44. The van der Waals surface area contributed by atoms with Gasteiger partial charge in [-0.1, -0.05) is 45.8 Å². The number of carbonyl (C=O) groups is 1. The van der Waals surface area contributed by atoms with E-state index >= 15 is 0 Å². The average Bonchev–Trinajstić information content (AvgIpc) is 3.24. The first-order chi connectivity index (χ1) is 17.9. The number of hydrogen-bond acceptors (Lipinski definition) is 4. The van der Waals surface area contributed by atoms with E-state index in [1.165, 1.54) is 17.7 Å². The van der Waals surface area contributed by atoms with Crippen molar-refractivity contribution in [1.82, 2.24) is 14.5 Å². The molecule has 4 aromatic rings. The van der Waals surface area contributed by atoms with Gasteiger partial charge < -0.3 is 20.5 Å². The molecule has 190 valence electrons. The molecule has 3 aromatic carbocycles. The maximum absolute atomic E-state index is 13.6. The third kappa shape index (κ3) is 5.92. The van der Waals surface area contributed by atoms with E-state index in [1.54, 1.807) is 12.1 Å². The molecule has 0 fully saturated rings. The van der Waals surface area contributed by atoms with Crippen molar-refractivity contribution >= 4 is 33.3 Å². The standard InChI is InChI=1S/C29H29BrFN5O/c1-19-2-12-25(13-3-19)33-29-28(21-6-10-23(31)11-7-21)34-26-18-35(14-15-36(26)29)27(37)17-24(32)16-20-4-8-22(30)9-5-20/h2-13,24,33H,14-18,32H2,1H3/t24-/m0/s1. The van der Waals surface area contributed by atoms with E-state index < -0.39 is 0 Å². The Balaban J connectivity index is 1.35. The zero-order valence-corrected chi connectivity index (χ0v) is 22.2. The van der Waals surface area contributed by atoms with Crippen LogP contribution in [0, 0.1) is 12.7 Å². The fourth-order valence-corrected chi connectivity index (χ4v) is 4.87. The predicted molar refractivity (Wildman–Crippen MR) is 148 cm³/mol. The molecule has 1 atom stereocenters. The van der Waals surface area contributed by atoms with Gasteiger partial charge >= 0.3 is 0 Å². The van der Waals surface area contributed by atoms with Gasteiger partial charge in [0.25, 0.3) is 0 Å². The van der Waals surface area contributed by atoms with Crippen molar-refractivity contribution in [2.45, 2.75) is 38.9 Å². The minimum Gasteiger partial charge on any atom is -0.340 e. The molecule has 6 nitrogen and oxygen atoms in total. The molecule has 5 rings (SSSR count). The smallest absolute Gasteiger partial charge is 0.224 e. The highest BCUT2D eigenvalue weighted by Gasteiger charge is 2.27. The normalized spacial score (nSPS) is 13.8. The molecular weight excluding hydrogens is 533 g/mol. The fraction of sp³-hybridized carbons (Fsp3) is 0.241. The first-order valence-electron chi connectivity index (χ1n) is 12.3. The monoisotopic (exact) mass is 561 g/mol. The molecule has 0 spiro atoms. The number of anilines is 2. The van der Waals surface area contributed by atoms with Crippen LogP contribution in [0.15, 0.2) is 77.3 Å². The van der Waals surface area contributed by atoms with Crippen molar-refractivity contribution in [1.29, 1.82) is 0 Å². The Hall–Kier alpha value is -3.49. The lowest BCUT2D eigenvalue weighted by Crippen LogP contribution is -2.41. The summed E-state index contributed by atoms with van der Waals surface area (Å²) in [5, 5.41) is 3.51. The minimum absolute atomic E-state index is 0.0234. The maximum atomic E-state index is 13.6. The van der Waals surface area contributed by atoms with Crippen LogP contribution < -0.4 is 11.1 Å². The zero-order valence-electron chi connectivity index (χ0n) is 20.6. The Bertz CT molecular complexity index is 1380. The highest BCUT2D eigenvalue weighted by Crippen LogP contribution is 2.33. The van der Waals surface area contributed by atoms with Gasteiger partial charge in [-0.15, -0.1) is 0 Å². The van der Waals surface area contributed by atoms with Crippen molar-refractivity contribution in [2.75, 3.05) is 11.9 Å². The summed E-state index contributed by atoms with van der Waals surface area (Å²) in [6, 6.07) is 22.2. The molecule has 3 N–H and O–H groups in total. The van der Waals surface area contributed by atoms with Crippen LogP contribution in [0.5, 0.6) is 0 Å². The molecule has 0 unspecified atom stereocenters. The number of halogens is 2. The molecule has 0 aliphatic carbocycles. The van der Waals surface area contributed by atoms with Gasteiger partial charge in [0.05, 0.1) is 6.54 Å². The molecule has 2 heterocycles. The topological polar surface area (TPSA) is 76.2 Å². The van der Waals surface area contributed by atoms with Gasteiger partial charge in [0, 0.05) is 41.3 Å². The average molecular weight is 562 g/mol. The Kier molecular flexibility index (Phi) is 7.39. The van der Waals surface area contributed by atoms with E-state index in [0.717, 1.165) is 38.6 Å². The number of nitrogens with two attached hydrogens (primary N) is 1. The fourth-order valence-electron chi connectivity index (χ4n) is 4.60. The van der Waals surface area contributed by atoms with Gasteiger partial charge in [0.2, 0.25) is 5.91 Å². The van der Waals surface area contributed by atoms with Crippen LogP contribution in [0.2, 0.25) is 0 Å². The molecule has 37 heavy (non-hydrogen) atoms. The highest BCUT2D eigenvalue weighted by molar-refractivity contribution is 9.10. The van der Waals surface area contributed by atoms with E-state index in [9.17, 15) is 9.18 Å². The van der Waals surface area contributed by atoms with E-state index in [4.69, 9.17) is 10.7 Å². The van der Waals surface area contributed by atoms with Crippen LogP contribution in [0.3, 0.4) is 0 Å². The van der Waals surface area contributed by atoms with E-state index in [1.807, 2.05) is 60.4 Å². The molecule has 1 aliphatic heterocycles. The molecule has 0 radical (unpaired) electrons. The molecule has 0 saturated heterocycles. The van der Waals surface area contributed by atoms with E-state index in [2.05, 4.69) is 25.8 Å². The van der Waals surface area contributed by atoms with Gasteiger partial charge in [0.1, 0.15) is 23.2 Å². The van der Waals surface area contributed by atoms with Crippen molar-refractivity contribution < 1.29 is 9.18 Å². The number of hydrogen-bond donors (Lipinski definition) is 2. The number of aromatic nitrogens is 2. The van der Waals surface area contributed by atoms with Crippen molar-refractivity contribution in [2.24, 2.45) is 5.73 Å². The summed E-state index contributed by atoms with van der Waals surface area (Å²) in [4.78, 5) is 19.9. The van der Waals surface area contributed by atoms with Gasteiger partial charge in [-0.2, -0.15) is 0 Å². The number of carbonyl (C=O) groups excluding carboxylic acids is 1. The van der Waals surface area contributed by atoms with Crippen LogP contribution in [0.1, 0.15) is 23.4 Å². The second kappa shape index (κ2) is 10.9.